The standard InChI is InChI=1S/C16H15NO4/c1-20-15-9-13(10-18)7-8-14(15)17-16(19)21-11-12-5-3-2-4-6-12/h2-10H,11H2,1H3,(H,17,19). The van der Waals surface area contributed by atoms with E-state index in [4.69, 9.17) is 9.47 Å². The van der Waals surface area contributed by atoms with E-state index in [9.17, 15) is 9.59 Å². The Kier molecular flexibility index (Phi) is 4.93. The number of hydrogen-bond donors (Lipinski definition) is 1. The number of carbonyl (C=O) groups is 2. The van der Waals surface area contributed by atoms with Gasteiger partial charge in [-0.15, -0.1) is 0 Å². The molecule has 1 amide bonds. The van der Waals surface area contributed by atoms with Gasteiger partial charge in [-0.3, -0.25) is 10.1 Å². The van der Waals surface area contributed by atoms with Gasteiger partial charge in [0.1, 0.15) is 18.6 Å². The highest BCUT2D eigenvalue weighted by molar-refractivity contribution is 5.88. The van der Waals surface area contributed by atoms with E-state index >= 15 is 0 Å². The zero-order valence-electron chi connectivity index (χ0n) is 11.5. The number of ether oxygens (including phenoxy) is 2. The first-order valence-electron chi connectivity index (χ1n) is 6.34. The second-order valence-electron chi connectivity index (χ2n) is 4.26. The third kappa shape index (κ3) is 4.07. The number of nitrogens with one attached hydrogen (secondary N) is 1. The molecule has 108 valence electrons. The highest BCUT2D eigenvalue weighted by Crippen LogP contribution is 2.25. The summed E-state index contributed by atoms with van der Waals surface area (Å²) >= 11 is 0. The second-order valence-corrected chi connectivity index (χ2v) is 4.26. The summed E-state index contributed by atoms with van der Waals surface area (Å²) in [6, 6.07) is 14.1. The molecule has 0 saturated carbocycles. The minimum Gasteiger partial charge on any atom is -0.495 e. The van der Waals surface area contributed by atoms with Crippen molar-refractivity contribution >= 4 is 18.1 Å². The Morgan fingerprint density at radius 1 is 1.19 bits per heavy atom. The van der Waals surface area contributed by atoms with Crippen LogP contribution in [-0.2, 0) is 11.3 Å². The van der Waals surface area contributed by atoms with Crippen molar-refractivity contribution < 1.29 is 19.1 Å². The summed E-state index contributed by atoms with van der Waals surface area (Å²) in [6.45, 7) is 0.182. The number of rotatable bonds is 5. The lowest BCUT2D eigenvalue weighted by molar-refractivity contribution is 0.112. The summed E-state index contributed by atoms with van der Waals surface area (Å²) in [7, 11) is 1.46. The fraction of sp³-hybridized carbons (Fsp3) is 0.125. The van der Waals surface area contributed by atoms with Gasteiger partial charge in [0, 0.05) is 5.56 Å². The van der Waals surface area contributed by atoms with E-state index in [-0.39, 0.29) is 6.61 Å². The number of carbonyl (C=O) groups excluding carboxylic acids is 2. The third-order valence-corrected chi connectivity index (χ3v) is 2.81. The average molecular weight is 285 g/mol. The Bertz CT molecular complexity index is 625. The molecule has 0 aliphatic heterocycles. The Morgan fingerprint density at radius 3 is 2.62 bits per heavy atom. The normalized spacial score (nSPS) is 9.76. The van der Waals surface area contributed by atoms with Crippen LogP contribution in [0.25, 0.3) is 0 Å². The number of amides is 1. The molecule has 21 heavy (non-hydrogen) atoms. The van der Waals surface area contributed by atoms with Crippen LogP contribution in [0.3, 0.4) is 0 Å². The van der Waals surface area contributed by atoms with E-state index in [2.05, 4.69) is 5.32 Å². The molecule has 5 heteroatoms. The van der Waals surface area contributed by atoms with Gasteiger partial charge in [0.05, 0.1) is 12.8 Å². The summed E-state index contributed by atoms with van der Waals surface area (Å²) in [5.41, 5.74) is 1.81. The van der Waals surface area contributed by atoms with Gasteiger partial charge in [0.15, 0.2) is 0 Å². The van der Waals surface area contributed by atoms with Crippen molar-refractivity contribution in [1.29, 1.82) is 0 Å². The molecule has 0 heterocycles. The number of aldehydes is 1. The largest absolute Gasteiger partial charge is 0.495 e. The summed E-state index contributed by atoms with van der Waals surface area (Å²) < 4.78 is 10.2. The lowest BCUT2D eigenvalue weighted by atomic mass is 10.2. The van der Waals surface area contributed by atoms with Crippen LogP contribution in [0, 0.1) is 0 Å². The summed E-state index contributed by atoms with van der Waals surface area (Å²) in [5.74, 6) is 0.399. The molecule has 0 aliphatic rings. The van der Waals surface area contributed by atoms with Gasteiger partial charge < -0.3 is 9.47 Å². The molecule has 0 atom stereocenters. The van der Waals surface area contributed by atoms with Crippen LogP contribution in [0.15, 0.2) is 48.5 Å². The maximum atomic E-state index is 11.7. The van der Waals surface area contributed by atoms with E-state index < -0.39 is 6.09 Å². The van der Waals surface area contributed by atoms with Crippen LogP contribution in [0.4, 0.5) is 10.5 Å². The smallest absolute Gasteiger partial charge is 0.412 e. The maximum absolute atomic E-state index is 11.7. The monoisotopic (exact) mass is 285 g/mol. The van der Waals surface area contributed by atoms with E-state index in [0.29, 0.717) is 23.3 Å². The van der Waals surface area contributed by atoms with E-state index in [1.807, 2.05) is 30.3 Å². The Balaban J connectivity index is 1.97. The van der Waals surface area contributed by atoms with Crippen molar-refractivity contribution in [2.75, 3.05) is 12.4 Å². The van der Waals surface area contributed by atoms with Crippen LogP contribution < -0.4 is 10.1 Å². The first kappa shape index (κ1) is 14.6. The number of anilines is 1. The predicted molar refractivity (Wildman–Crippen MR) is 78.6 cm³/mol. The summed E-state index contributed by atoms with van der Waals surface area (Å²) in [6.07, 6.45) is 0.121. The highest BCUT2D eigenvalue weighted by atomic mass is 16.5. The molecular weight excluding hydrogens is 270 g/mol. The molecule has 0 saturated heterocycles. The second kappa shape index (κ2) is 7.09. The Labute approximate surface area is 122 Å². The topological polar surface area (TPSA) is 64.6 Å². The first-order chi connectivity index (χ1) is 10.2. The molecule has 0 bridgehead atoms. The molecule has 0 radical (unpaired) electrons. The molecule has 0 spiro atoms. The van der Waals surface area contributed by atoms with Crippen molar-refractivity contribution in [3.05, 3.63) is 59.7 Å². The molecule has 1 N–H and O–H groups in total. The lowest BCUT2D eigenvalue weighted by Crippen LogP contribution is -2.14. The predicted octanol–water partition coefficient (Wildman–Crippen LogP) is 3.26. The minimum absolute atomic E-state index is 0.182. The van der Waals surface area contributed by atoms with Crippen molar-refractivity contribution in [3.63, 3.8) is 0 Å². The molecular formula is C16H15NO4. The van der Waals surface area contributed by atoms with Crippen molar-refractivity contribution in [3.8, 4) is 5.75 Å². The molecule has 0 fully saturated rings. The summed E-state index contributed by atoms with van der Waals surface area (Å²) in [5, 5.41) is 2.58. The Morgan fingerprint density at radius 2 is 1.95 bits per heavy atom. The molecule has 2 rings (SSSR count). The average Bonchev–Trinajstić information content (AvgIpc) is 2.54. The van der Waals surface area contributed by atoms with Crippen molar-refractivity contribution in [2.24, 2.45) is 0 Å². The van der Waals surface area contributed by atoms with E-state index in [1.54, 1.807) is 18.2 Å². The Hall–Kier alpha value is -2.82. The van der Waals surface area contributed by atoms with E-state index in [1.165, 1.54) is 7.11 Å². The number of benzene rings is 2. The van der Waals surface area contributed by atoms with Crippen molar-refractivity contribution in [2.45, 2.75) is 6.61 Å². The SMILES string of the molecule is COc1cc(C=O)ccc1NC(=O)OCc1ccccc1. The molecule has 0 aliphatic carbocycles. The van der Waals surface area contributed by atoms with Gasteiger partial charge in [0.2, 0.25) is 0 Å². The van der Waals surface area contributed by atoms with Gasteiger partial charge >= 0.3 is 6.09 Å². The van der Waals surface area contributed by atoms with Gasteiger partial charge in [-0.05, 0) is 23.8 Å². The quantitative estimate of drug-likeness (QED) is 0.856. The third-order valence-electron chi connectivity index (χ3n) is 2.81. The first-order valence-corrected chi connectivity index (χ1v) is 6.34. The molecule has 2 aromatic rings. The molecule has 0 aromatic heterocycles. The zero-order valence-corrected chi connectivity index (χ0v) is 11.5. The van der Waals surface area contributed by atoms with Gasteiger partial charge in [-0.1, -0.05) is 30.3 Å². The number of hydrogen-bond acceptors (Lipinski definition) is 4. The van der Waals surface area contributed by atoms with Gasteiger partial charge in [0.25, 0.3) is 0 Å². The molecule has 0 unspecified atom stereocenters. The molecule has 5 nitrogen and oxygen atoms in total. The van der Waals surface area contributed by atoms with Crippen LogP contribution >= 0.6 is 0 Å². The van der Waals surface area contributed by atoms with Gasteiger partial charge in [-0.2, -0.15) is 0 Å². The van der Waals surface area contributed by atoms with Crippen LogP contribution in [0.1, 0.15) is 15.9 Å². The van der Waals surface area contributed by atoms with Crippen LogP contribution in [0.5, 0.6) is 5.75 Å². The number of methoxy groups -OCH3 is 1. The zero-order chi connectivity index (χ0) is 15.1. The minimum atomic E-state index is -0.587. The van der Waals surface area contributed by atoms with E-state index in [0.717, 1.165) is 5.56 Å². The van der Waals surface area contributed by atoms with Crippen molar-refractivity contribution in [1.82, 2.24) is 0 Å². The lowest BCUT2D eigenvalue weighted by Gasteiger charge is -2.11. The fourth-order valence-corrected chi connectivity index (χ4v) is 1.75. The summed E-state index contributed by atoms with van der Waals surface area (Å²) in [4.78, 5) is 22.4. The maximum Gasteiger partial charge on any atom is 0.412 e. The highest BCUT2D eigenvalue weighted by Gasteiger charge is 2.09. The molecule has 2 aromatic carbocycles. The fourth-order valence-electron chi connectivity index (χ4n) is 1.75. The van der Waals surface area contributed by atoms with Crippen LogP contribution in [-0.4, -0.2) is 19.5 Å². The van der Waals surface area contributed by atoms with Crippen LogP contribution in [0.2, 0.25) is 0 Å². The van der Waals surface area contributed by atoms with Gasteiger partial charge in [-0.25, -0.2) is 4.79 Å².